The smallest absolute Gasteiger partial charge is 0.296 e. The molecule has 4 N–H and O–H groups in total. The maximum absolute atomic E-state index is 11.0. The molecule has 0 aliphatic carbocycles. The van der Waals surface area contributed by atoms with Crippen molar-refractivity contribution in [3.8, 4) is 0 Å². The van der Waals surface area contributed by atoms with E-state index in [1.165, 1.54) is 25.7 Å². The Kier molecular flexibility index (Phi) is 5.80. The maximum atomic E-state index is 11.0. The molecule has 1 aliphatic rings. The summed E-state index contributed by atoms with van der Waals surface area (Å²) in [7, 11) is -3.77. The molecule has 1 aromatic rings. The van der Waals surface area contributed by atoms with E-state index in [4.69, 9.17) is 5.14 Å². The molecule has 1 saturated heterocycles. The number of hydrogen-bond donors (Lipinski definition) is 3. The van der Waals surface area contributed by atoms with Gasteiger partial charge in [0.25, 0.3) is 10.2 Å². The average Bonchev–Trinajstić information content (AvgIpc) is 2.74. The lowest BCUT2D eigenvalue weighted by molar-refractivity contribution is 0.0598. The van der Waals surface area contributed by atoms with Gasteiger partial charge in [0.1, 0.15) is 0 Å². The van der Waals surface area contributed by atoms with Crippen molar-refractivity contribution in [2.75, 3.05) is 17.8 Å². The molecule has 0 amide bonds. The first-order valence-corrected chi connectivity index (χ1v) is 9.24. The van der Waals surface area contributed by atoms with E-state index in [0.29, 0.717) is 5.69 Å². The monoisotopic (exact) mass is 327 g/mol. The zero-order valence-electron chi connectivity index (χ0n) is 12.9. The lowest BCUT2D eigenvalue weighted by atomic mass is 10.0. The Morgan fingerprint density at radius 1 is 1.14 bits per heavy atom. The van der Waals surface area contributed by atoms with Crippen molar-refractivity contribution in [3.63, 3.8) is 0 Å². The Balaban J connectivity index is 2.03. The second-order valence-corrected chi connectivity index (χ2v) is 7.20. The zero-order valence-corrected chi connectivity index (χ0v) is 13.7. The molecule has 22 heavy (non-hydrogen) atoms. The molecule has 7 heteroatoms. The van der Waals surface area contributed by atoms with E-state index in [2.05, 4.69) is 9.62 Å². The van der Waals surface area contributed by atoms with Gasteiger partial charge in [0.05, 0.1) is 6.10 Å². The minimum atomic E-state index is -3.77. The molecule has 1 aliphatic heterocycles. The number of rotatable bonds is 5. The van der Waals surface area contributed by atoms with Crippen LogP contribution in [-0.4, -0.2) is 37.6 Å². The molecule has 1 fully saturated rings. The lowest BCUT2D eigenvalue weighted by Gasteiger charge is -2.31. The van der Waals surface area contributed by atoms with Crippen LogP contribution in [0.2, 0.25) is 0 Å². The topological polar surface area (TPSA) is 95.7 Å². The Morgan fingerprint density at radius 2 is 1.68 bits per heavy atom. The summed E-state index contributed by atoms with van der Waals surface area (Å²) in [6.45, 7) is 4.07. The molecule has 1 aromatic carbocycles. The van der Waals surface area contributed by atoms with Gasteiger partial charge in [-0.1, -0.05) is 25.0 Å². The highest BCUT2D eigenvalue weighted by Crippen LogP contribution is 2.24. The summed E-state index contributed by atoms with van der Waals surface area (Å²) in [6.07, 6.45) is 4.27. The summed E-state index contributed by atoms with van der Waals surface area (Å²) in [5, 5.41) is 15.5. The quantitative estimate of drug-likeness (QED) is 0.765. The normalized spacial score (nSPS) is 20.1. The van der Waals surface area contributed by atoms with Crippen LogP contribution in [0.15, 0.2) is 24.3 Å². The van der Waals surface area contributed by atoms with E-state index in [9.17, 15) is 13.5 Å². The first kappa shape index (κ1) is 17.2. The van der Waals surface area contributed by atoms with Crippen molar-refractivity contribution in [2.45, 2.75) is 44.8 Å². The molecule has 2 rings (SSSR count). The van der Waals surface area contributed by atoms with E-state index < -0.39 is 16.3 Å². The number of anilines is 1. The molecule has 0 aromatic heterocycles. The van der Waals surface area contributed by atoms with Crippen LogP contribution in [0, 0.1) is 0 Å². The van der Waals surface area contributed by atoms with Crippen LogP contribution in [0.3, 0.4) is 0 Å². The van der Waals surface area contributed by atoms with Crippen LogP contribution in [0.1, 0.15) is 44.3 Å². The molecule has 0 bridgehead atoms. The first-order chi connectivity index (χ1) is 10.4. The van der Waals surface area contributed by atoms with Gasteiger partial charge in [0.2, 0.25) is 0 Å². The predicted octanol–water partition coefficient (Wildman–Crippen LogP) is 1.60. The zero-order chi connectivity index (χ0) is 16.2. The summed E-state index contributed by atoms with van der Waals surface area (Å²) < 4.78 is 24.2. The fraction of sp³-hybridized carbons (Fsp3) is 0.600. The number of benzene rings is 1. The minimum absolute atomic E-state index is 0.0372. The first-order valence-electron chi connectivity index (χ1n) is 7.69. The minimum Gasteiger partial charge on any atom is -0.387 e. The number of nitrogens with zero attached hydrogens (tertiary/aromatic N) is 1. The van der Waals surface area contributed by atoms with Crippen molar-refractivity contribution in [2.24, 2.45) is 5.14 Å². The standard InChI is InChI=1S/C15H25N3O3S/c1-12(18-10-4-2-3-5-11-18)15(19)13-6-8-14(9-7-13)17-22(16,20)21/h6-9,12,15,17,19H,2-5,10-11H2,1H3,(H2,16,20,21). The Morgan fingerprint density at radius 3 is 2.18 bits per heavy atom. The number of likely N-dealkylation sites (tertiary alicyclic amines) is 1. The van der Waals surface area contributed by atoms with E-state index in [-0.39, 0.29) is 6.04 Å². The number of aliphatic hydroxyl groups is 1. The largest absolute Gasteiger partial charge is 0.387 e. The number of nitrogens with two attached hydrogens (primary N) is 1. The highest BCUT2D eigenvalue weighted by Gasteiger charge is 2.23. The fourth-order valence-electron chi connectivity index (χ4n) is 2.89. The molecule has 124 valence electrons. The van der Waals surface area contributed by atoms with E-state index in [1.807, 2.05) is 6.92 Å². The average molecular weight is 327 g/mol. The highest BCUT2D eigenvalue weighted by atomic mass is 32.2. The Labute approximate surface area is 132 Å². The van der Waals surface area contributed by atoms with E-state index in [1.54, 1.807) is 24.3 Å². The molecular formula is C15H25N3O3S. The Bertz CT molecular complexity index is 566. The predicted molar refractivity (Wildman–Crippen MR) is 87.6 cm³/mol. The van der Waals surface area contributed by atoms with Gasteiger partial charge in [-0.25, -0.2) is 5.14 Å². The highest BCUT2D eigenvalue weighted by molar-refractivity contribution is 7.90. The number of nitrogens with one attached hydrogen (secondary N) is 1. The van der Waals surface area contributed by atoms with Gasteiger partial charge >= 0.3 is 0 Å². The number of hydrogen-bond acceptors (Lipinski definition) is 4. The second-order valence-electron chi connectivity index (χ2n) is 5.90. The van der Waals surface area contributed by atoms with Gasteiger partial charge in [-0.3, -0.25) is 9.62 Å². The summed E-state index contributed by atoms with van der Waals surface area (Å²) in [4.78, 5) is 2.33. The van der Waals surface area contributed by atoms with Gasteiger partial charge in [-0.05, 0) is 50.6 Å². The SMILES string of the molecule is CC(C(O)c1ccc(NS(N)(=O)=O)cc1)N1CCCCCC1. The van der Waals surface area contributed by atoms with Crippen LogP contribution in [0.4, 0.5) is 5.69 Å². The van der Waals surface area contributed by atoms with Crippen molar-refractivity contribution < 1.29 is 13.5 Å². The third-order valence-corrected chi connectivity index (χ3v) is 4.71. The molecule has 1 heterocycles. The molecular weight excluding hydrogens is 302 g/mol. The van der Waals surface area contributed by atoms with E-state index in [0.717, 1.165) is 18.7 Å². The van der Waals surface area contributed by atoms with Crippen LogP contribution in [-0.2, 0) is 10.2 Å². The van der Waals surface area contributed by atoms with Gasteiger partial charge in [-0.2, -0.15) is 8.42 Å². The molecule has 0 spiro atoms. The van der Waals surface area contributed by atoms with Gasteiger partial charge in [-0.15, -0.1) is 0 Å². The second kappa shape index (κ2) is 7.41. The molecule has 2 unspecified atom stereocenters. The fourth-order valence-corrected chi connectivity index (χ4v) is 3.36. The Hall–Kier alpha value is -1.15. The van der Waals surface area contributed by atoms with Crippen molar-refractivity contribution in [3.05, 3.63) is 29.8 Å². The van der Waals surface area contributed by atoms with Crippen molar-refractivity contribution in [1.82, 2.24) is 4.90 Å². The third kappa shape index (κ3) is 4.95. The van der Waals surface area contributed by atoms with Crippen LogP contribution >= 0.6 is 0 Å². The molecule has 0 saturated carbocycles. The van der Waals surface area contributed by atoms with Crippen LogP contribution in [0.5, 0.6) is 0 Å². The molecule has 2 atom stereocenters. The van der Waals surface area contributed by atoms with Crippen molar-refractivity contribution >= 4 is 15.9 Å². The summed E-state index contributed by atoms with van der Waals surface area (Å²) in [5.41, 5.74) is 1.16. The van der Waals surface area contributed by atoms with Gasteiger partial charge in [0.15, 0.2) is 0 Å². The molecule has 6 nitrogen and oxygen atoms in total. The lowest BCUT2D eigenvalue weighted by Crippen LogP contribution is -2.38. The van der Waals surface area contributed by atoms with E-state index >= 15 is 0 Å². The number of aliphatic hydroxyl groups excluding tert-OH is 1. The van der Waals surface area contributed by atoms with Crippen LogP contribution in [0.25, 0.3) is 0 Å². The summed E-state index contributed by atoms with van der Waals surface area (Å²) >= 11 is 0. The van der Waals surface area contributed by atoms with Crippen LogP contribution < -0.4 is 9.86 Å². The summed E-state index contributed by atoms with van der Waals surface area (Å²) in [6, 6.07) is 6.71. The summed E-state index contributed by atoms with van der Waals surface area (Å²) in [5.74, 6) is 0. The molecule has 0 radical (unpaired) electrons. The van der Waals surface area contributed by atoms with Crippen molar-refractivity contribution in [1.29, 1.82) is 0 Å². The maximum Gasteiger partial charge on any atom is 0.296 e. The van der Waals surface area contributed by atoms with Gasteiger partial charge in [0, 0.05) is 11.7 Å². The third-order valence-electron chi connectivity index (χ3n) is 4.19. The van der Waals surface area contributed by atoms with Gasteiger partial charge < -0.3 is 5.11 Å².